The van der Waals surface area contributed by atoms with Crippen molar-refractivity contribution in [2.75, 3.05) is 11.9 Å². The average molecular weight is 336 g/mol. The van der Waals surface area contributed by atoms with E-state index in [0.29, 0.717) is 18.0 Å². The van der Waals surface area contributed by atoms with Gasteiger partial charge in [0.2, 0.25) is 5.96 Å². The van der Waals surface area contributed by atoms with Crippen molar-refractivity contribution >= 4 is 23.2 Å². The molecule has 0 atom stereocenters. The number of anilines is 1. The molecule has 2 aromatic carbocycles. The minimum absolute atomic E-state index is 0.444. The molecule has 1 aromatic heterocycles. The van der Waals surface area contributed by atoms with Gasteiger partial charge in [-0.05, 0) is 37.1 Å². The fraction of sp³-hybridized carbons (Fsp3) is 0.158. The Labute approximate surface area is 145 Å². The Morgan fingerprint density at radius 3 is 2.38 bits per heavy atom. The van der Waals surface area contributed by atoms with E-state index >= 15 is 0 Å². The van der Waals surface area contributed by atoms with Gasteiger partial charge in [0.05, 0.1) is 0 Å². The number of rotatable bonds is 4. The van der Waals surface area contributed by atoms with E-state index in [1.165, 1.54) is 17.1 Å². The number of aryl methyl sites for hydroxylation is 1. The number of benzene rings is 2. The SMILES string of the molecule is Cc1cc(=N)n(C(=NCCc2ccccc2)Nc2ccccc2)s1. The molecule has 3 rings (SSSR count). The number of para-hydroxylation sites is 1. The van der Waals surface area contributed by atoms with Crippen molar-refractivity contribution in [2.45, 2.75) is 13.3 Å². The van der Waals surface area contributed by atoms with Crippen LogP contribution in [0.2, 0.25) is 0 Å². The molecule has 0 saturated heterocycles. The van der Waals surface area contributed by atoms with E-state index in [9.17, 15) is 0 Å². The summed E-state index contributed by atoms with van der Waals surface area (Å²) in [6.45, 7) is 2.67. The predicted octanol–water partition coefficient (Wildman–Crippen LogP) is 3.90. The number of aliphatic imine (C=N–C) groups is 1. The lowest BCUT2D eigenvalue weighted by molar-refractivity contribution is 0.947. The molecule has 122 valence electrons. The van der Waals surface area contributed by atoms with Crippen LogP contribution >= 0.6 is 11.5 Å². The van der Waals surface area contributed by atoms with E-state index in [2.05, 4.69) is 17.4 Å². The number of nitrogens with one attached hydrogen (secondary N) is 2. The number of aromatic nitrogens is 1. The van der Waals surface area contributed by atoms with E-state index in [-0.39, 0.29) is 0 Å². The van der Waals surface area contributed by atoms with Gasteiger partial charge < -0.3 is 5.32 Å². The molecule has 0 fully saturated rings. The number of hydrogen-bond donors (Lipinski definition) is 2. The van der Waals surface area contributed by atoms with Crippen molar-refractivity contribution in [3.05, 3.63) is 82.7 Å². The van der Waals surface area contributed by atoms with E-state index in [1.807, 2.05) is 65.5 Å². The summed E-state index contributed by atoms with van der Waals surface area (Å²) in [5.74, 6) is 0.695. The summed E-state index contributed by atoms with van der Waals surface area (Å²) in [6.07, 6.45) is 0.874. The normalized spacial score (nSPS) is 11.5. The zero-order valence-corrected chi connectivity index (χ0v) is 14.4. The highest BCUT2D eigenvalue weighted by Crippen LogP contribution is 2.09. The topological polar surface area (TPSA) is 53.2 Å². The smallest absolute Gasteiger partial charge is 0.218 e. The summed E-state index contributed by atoms with van der Waals surface area (Å²) in [4.78, 5) is 5.81. The lowest BCUT2D eigenvalue weighted by Gasteiger charge is -2.10. The minimum atomic E-state index is 0.444. The maximum Gasteiger partial charge on any atom is 0.218 e. The van der Waals surface area contributed by atoms with Crippen LogP contribution < -0.4 is 10.8 Å². The van der Waals surface area contributed by atoms with Crippen molar-refractivity contribution in [3.8, 4) is 0 Å². The second kappa shape index (κ2) is 7.75. The molecule has 1 heterocycles. The highest BCUT2D eigenvalue weighted by atomic mass is 32.1. The van der Waals surface area contributed by atoms with Gasteiger partial charge in [-0.2, -0.15) is 0 Å². The van der Waals surface area contributed by atoms with Crippen LogP contribution in [-0.2, 0) is 6.42 Å². The maximum absolute atomic E-state index is 8.14. The van der Waals surface area contributed by atoms with Gasteiger partial charge in [0.1, 0.15) is 5.49 Å². The summed E-state index contributed by atoms with van der Waals surface area (Å²) in [5.41, 5.74) is 2.67. The van der Waals surface area contributed by atoms with Gasteiger partial charge in [0.15, 0.2) is 0 Å². The van der Waals surface area contributed by atoms with Crippen molar-refractivity contribution in [1.29, 1.82) is 5.41 Å². The first-order chi connectivity index (χ1) is 11.7. The van der Waals surface area contributed by atoms with Gasteiger partial charge in [-0.15, -0.1) is 0 Å². The van der Waals surface area contributed by atoms with Gasteiger partial charge in [-0.25, -0.2) is 3.96 Å². The molecule has 2 N–H and O–H groups in total. The molecular weight excluding hydrogens is 316 g/mol. The number of hydrogen-bond acceptors (Lipinski definition) is 3. The van der Waals surface area contributed by atoms with Crippen molar-refractivity contribution in [1.82, 2.24) is 3.96 Å². The van der Waals surface area contributed by atoms with Gasteiger partial charge in [0, 0.05) is 17.1 Å². The van der Waals surface area contributed by atoms with Gasteiger partial charge in [-0.3, -0.25) is 10.4 Å². The molecule has 0 radical (unpaired) electrons. The maximum atomic E-state index is 8.14. The van der Waals surface area contributed by atoms with Crippen LogP contribution in [0.3, 0.4) is 0 Å². The van der Waals surface area contributed by atoms with E-state index < -0.39 is 0 Å². The van der Waals surface area contributed by atoms with Gasteiger partial charge in [0.25, 0.3) is 0 Å². The molecule has 4 nitrogen and oxygen atoms in total. The van der Waals surface area contributed by atoms with E-state index in [1.54, 1.807) is 0 Å². The summed E-state index contributed by atoms with van der Waals surface area (Å²) >= 11 is 1.52. The lowest BCUT2D eigenvalue weighted by Crippen LogP contribution is -2.28. The zero-order chi connectivity index (χ0) is 16.8. The molecule has 3 aromatic rings. The van der Waals surface area contributed by atoms with Crippen LogP contribution in [0.4, 0.5) is 5.69 Å². The standard InChI is InChI=1S/C19H20N4S/c1-15-14-18(20)23(24-15)19(22-17-10-6-3-7-11-17)21-13-12-16-8-4-2-5-9-16/h2-11,14,20H,12-13H2,1H3,(H,21,22). The summed E-state index contributed by atoms with van der Waals surface area (Å²) in [7, 11) is 0. The second-order valence-electron chi connectivity index (χ2n) is 5.46. The fourth-order valence-corrected chi connectivity index (χ4v) is 3.16. The summed E-state index contributed by atoms with van der Waals surface area (Å²) in [6, 6.07) is 22.1. The predicted molar refractivity (Wildman–Crippen MR) is 101 cm³/mol. The monoisotopic (exact) mass is 336 g/mol. The Bertz CT molecular complexity index is 863. The Hall–Kier alpha value is -2.66. The third-order valence-electron chi connectivity index (χ3n) is 3.52. The molecule has 24 heavy (non-hydrogen) atoms. The molecular formula is C19H20N4S. The Balaban J connectivity index is 1.82. The number of nitrogens with zero attached hydrogens (tertiary/aromatic N) is 2. The molecule has 5 heteroatoms. The van der Waals surface area contributed by atoms with Crippen LogP contribution in [0.25, 0.3) is 0 Å². The minimum Gasteiger partial charge on any atom is -0.325 e. The molecule has 0 aliphatic carbocycles. The highest BCUT2D eigenvalue weighted by Gasteiger charge is 2.07. The van der Waals surface area contributed by atoms with Gasteiger partial charge >= 0.3 is 0 Å². The first kappa shape index (κ1) is 16.2. The largest absolute Gasteiger partial charge is 0.325 e. The molecule has 0 unspecified atom stereocenters. The van der Waals surface area contributed by atoms with Gasteiger partial charge in [-0.1, -0.05) is 60.1 Å². The van der Waals surface area contributed by atoms with Crippen molar-refractivity contribution < 1.29 is 0 Å². The molecule has 0 bridgehead atoms. The first-order valence-corrected chi connectivity index (χ1v) is 8.65. The molecule has 0 spiro atoms. The molecule has 0 aliphatic rings. The van der Waals surface area contributed by atoms with Crippen molar-refractivity contribution in [3.63, 3.8) is 0 Å². The van der Waals surface area contributed by atoms with Crippen LogP contribution in [0.1, 0.15) is 10.4 Å². The second-order valence-corrected chi connectivity index (χ2v) is 6.65. The highest BCUT2D eigenvalue weighted by molar-refractivity contribution is 7.07. The van der Waals surface area contributed by atoms with Crippen LogP contribution in [-0.4, -0.2) is 16.5 Å². The quantitative estimate of drug-likeness (QED) is 0.551. The van der Waals surface area contributed by atoms with E-state index in [4.69, 9.17) is 10.4 Å². The first-order valence-electron chi connectivity index (χ1n) is 7.88. The Kier molecular flexibility index (Phi) is 5.23. The fourth-order valence-electron chi connectivity index (χ4n) is 2.37. The Morgan fingerprint density at radius 1 is 1.08 bits per heavy atom. The third kappa shape index (κ3) is 4.20. The van der Waals surface area contributed by atoms with E-state index in [0.717, 1.165) is 17.0 Å². The Morgan fingerprint density at radius 2 is 1.75 bits per heavy atom. The summed E-state index contributed by atoms with van der Waals surface area (Å²) < 4.78 is 1.83. The third-order valence-corrected chi connectivity index (χ3v) is 4.48. The van der Waals surface area contributed by atoms with Crippen LogP contribution in [0.15, 0.2) is 71.7 Å². The van der Waals surface area contributed by atoms with Crippen molar-refractivity contribution in [2.24, 2.45) is 4.99 Å². The average Bonchev–Trinajstić information content (AvgIpc) is 2.94. The molecule has 0 aliphatic heterocycles. The zero-order valence-electron chi connectivity index (χ0n) is 13.6. The molecule has 0 amide bonds. The lowest BCUT2D eigenvalue weighted by atomic mass is 10.2. The molecule has 0 saturated carbocycles. The summed E-state index contributed by atoms with van der Waals surface area (Å²) in [5, 5.41) is 11.5. The van der Waals surface area contributed by atoms with Crippen LogP contribution in [0, 0.1) is 12.3 Å². The van der Waals surface area contributed by atoms with Crippen LogP contribution in [0.5, 0.6) is 0 Å².